The molecule has 0 atom stereocenters. The molecule has 4 nitrogen and oxygen atoms in total. The van der Waals surface area contributed by atoms with E-state index in [1.807, 2.05) is 38.1 Å². The van der Waals surface area contributed by atoms with Gasteiger partial charge < -0.3 is 19.5 Å². The lowest BCUT2D eigenvalue weighted by atomic mass is 10.2. The largest absolute Gasteiger partial charge is 0.493 e. The molecule has 0 unspecified atom stereocenters. The van der Waals surface area contributed by atoms with Gasteiger partial charge in [0.25, 0.3) is 0 Å². The zero-order valence-corrected chi connectivity index (χ0v) is 17.6. The zero-order chi connectivity index (χ0) is 19.6. The molecular formula is C21H27Cl2NO3. The second kappa shape index (κ2) is 11.4. The molecule has 0 spiro atoms. The molecule has 0 aliphatic heterocycles. The molecule has 0 aliphatic carbocycles. The molecule has 0 aromatic heterocycles. The van der Waals surface area contributed by atoms with Gasteiger partial charge in [0, 0.05) is 13.2 Å². The molecule has 0 amide bonds. The Morgan fingerprint density at radius 2 is 1.74 bits per heavy atom. The summed E-state index contributed by atoms with van der Waals surface area (Å²) in [6.07, 6.45) is 1.27. The second-order valence-corrected chi connectivity index (χ2v) is 7.29. The van der Waals surface area contributed by atoms with Gasteiger partial charge in [-0.1, -0.05) is 35.3 Å². The van der Waals surface area contributed by atoms with Crippen LogP contribution in [0.25, 0.3) is 0 Å². The van der Waals surface area contributed by atoms with Crippen molar-refractivity contribution in [1.82, 2.24) is 5.32 Å². The first-order chi connectivity index (χ1) is 13.0. The van der Waals surface area contributed by atoms with Crippen LogP contribution in [0, 0.1) is 0 Å². The number of halogens is 2. The normalized spacial score (nSPS) is 11.0. The number of ether oxygens (including phenoxy) is 3. The topological polar surface area (TPSA) is 39.7 Å². The van der Waals surface area contributed by atoms with E-state index in [2.05, 4.69) is 5.32 Å². The lowest BCUT2D eigenvalue weighted by molar-refractivity contribution is 0.0770. The fourth-order valence-corrected chi connectivity index (χ4v) is 2.80. The van der Waals surface area contributed by atoms with Gasteiger partial charge in [-0.05, 0) is 62.2 Å². The number of methoxy groups -OCH3 is 1. The lowest BCUT2D eigenvalue weighted by Gasteiger charge is -2.13. The summed E-state index contributed by atoms with van der Waals surface area (Å²) in [5.41, 5.74) is 2.08. The van der Waals surface area contributed by atoms with Crippen LogP contribution in [0.1, 0.15) is 31.4 Å². The van der Waals surface area contributed by atoms with Gasteiger partial charge in [0.05, 0.1) is 23.3 Å². The highest BCUT2D eigenvalue weighted by atomic mass is 35.5. The summed E-state index contributed by atoms with van der Waals surface area (Å²) < 4.78 is 16.9. The smallest absolute Gasteiger partial charge is 0.161 e. The highest BCUT2D eigenvalue weighted by Crippen LogP contribution is 2.29. The van der Waals surface area contributed by atoms with Gasteiger partial charge in [-0.25, -0.2) is 0 Å². The third kappa shape index (κ3) is 7.59. The van der Waals surface area contributed by atoms with Crippen molar-refractivity contribution >= 4 is 23.2 Å². The predicted octanol–water partition coefficient (Wildman–Crippen LogP) is 5.49. The standard InChI is InChI=1S/C21H27Cl2NO3/c1-15(2)26-10-4-9-24-13-16-6-8-20(21(12-16)25-3)27-14-17-5-7-18(22)19(23)11-17/h5-8,11-12,15,24H,4,9-10,13-14H2,1-3H3. The van der Waals surface area contributed by atoms with Crippen LogP contribution in [0.5, 0.6) is 11.5 Å². The monoisotopic (exact) mass is 411 g/mol. The third-order valence-electron chi connectivity index (χ3n) is 3.88. The van der Waals surface area contributed by atoms with Gasteiger partial charge in [0.2, 0.25) is 0 Å². The first-order valence-corrected chi connectivity index (χ1v) is 9.81. The van der Waals surface area contributed by atoms with Crippen LogP contribution in [0.15, 0.2) is 36.4 Å². The fourth-order valence-electron chi connectivity index (χ4n) is 2.48. The quantitative estimate of drug-likeness (QED) is 0.496. The highest BCUT2D eigenvalue weighted by molar-refractivity contribution is 6.42. The summed E-state index contributed by atoms with van der Waals surface area (Å²) in [4.78, 5) is 0. The highest BCUT2D eigenvalue weighted by Gasteiger charge is 2.07. The predicted molar refractivity (Wildman–Crippen MR) is 111 cm³/mol. The molecule has 0 saturated heterocycles. The Morgan fingerprint density at radius 1 is 0.963 bits per heavy atom. The van der Waals surface area contributed by atoms with Crippen molar-refractivity contribution in [3.05, 3.63) is 57.6 Å². The van der Waals surface area contributed by atoms with Crippen molar-refractivity contribution in [2.24, 2.45) is 0 Å². The first kappa shape index (κ1) is 21.8. The van der Waals surface area contributed by atoms with Gasteiger partial charge in [0.15, 0.2) is 11.5 Å². The Morgan fingerprint density at radius 3 is 2.44 bits per heavy atom. The van der Waals surface area contributed by atoms with Crippen molar-refractivity contribution in [3.8, 4) is 11.5 Å². The van der Waals surface area contributed by atoms with E-state index in [0.29, 0.717) is 28.2 Å². The van der Waals surface area contributed by atoms with Gasteiger partial charge in [-0.3, -0.25) is 0 Å². The Balaban J connectivity index is 1.84. The molecule has 6 heteroatoms. The number of rotatable bonds is 11. The number of nitrogens with one attached hydrogen (secondary N) is 1. The Hall–Kier alpha value is -1.46. The van der Waals surface area contributed by atoms with Crippen molar-refractivity contribution in [3.63, 3.8) is 0 Å². The van der Waals surface area contributed by atoms with E-state index in [4.69, 9.17) is 37.4 Å². The molecule has 1 N–H and O–H groups in total. The molecule has 0 radical (unpaired) electrons. The Labute approximate surface area is 171 Å². The lowest BCUT2D eigenvalue weighted by Crippen LogP contribution is -2.17. The van der Waals surface area contributed by atoms with E-state index in [1.165, 1.54) is 0 Å². The van der Waals surface area contributed by atoms with E-state index in [0.717, 1.165) is 37.2 Å². The number of benzene rings is 2. The molecule has 27 heavy (non-hydrogen) atoms. The molecule has 148 valence electrons. The summed E-state index contributed by atoms with van der Waals surface area (Å²) in [6.45, 7) is 6.93. The van der Waals surface area contributed by atoms with Crippen molar-refractivity contribution in [2.75, 3.05) is 20.3 Å². The van der Waals surface area contributed by atoms with Crippen molar-refractivity contribution in [2.45, 2.75) is 39.5 Å². The zero-order valence-electron chi connectivity index (χ0n) is 16.1. The average molecular weight is 412 g/mol. The summed E-state index contributed by atoms with van der Waals surface area (Å²) in [7, 11) is 1.64. The fraction of sp³-hybridized carbons (Fsp3) is 0.429. The van der Waals surface area contributed by atoms with Gasteiger partial charge in [0.1, 0.15) is 6.61 Å². The van der Waals surface area contributed by atoms with E-state index in [1.54, 1.807) is 19.2 Å². The summed E-state index contributed by atoms with van der Waals surface area (Å²) in [5, 5.41) is 4.46. The van der Waals surface area contributed by atoms with Crippen LogP contribution in [0.3, 0.4) is 0 Å². The first-order valence-electron chi connectivity index (χ1n) is 9.05. The molecule has 0 saturated carbocycles. The molecule has 2 aromatic carbocycles. The van der Waals surface area contributed by atoms with E-state index in [-0.39, 0.29) is 6.10 Å². The van der Waals surface area contributed by atoms with Crippen LogP contribution in [0.4, 0.5) is 0 Å². The summed E-state index contributed by atoms with van der Waals surface area (Å²) in [6, 6.07) is 11.4. The molecule has 0 fully saturated rings. The maximum atomic E-state index is 6.04. The molecule has 2 aromatic rings. The minimum Gasteiger partial charge on any atom is -0.493 e. The Kier molecular flexibility index (Phi) is 9.22. The van der Waals surface area contributed by atoms with Gasteiger partial charge in [-0.2, -0.15) is 0 Å². The van der Waals surface area contributed by atoms with Crippen LogP contribution >= 0.6 is 23.2 Å². The number of hydrogen-bond acceptors (Lipinski definition) is 4. The maximum absolute atomic E-state index is 6.04. The van der Waals surface area contributed by atoms with Crippen LogP contribution in [-0.2, 0) is 17.9 Å². The van der Waals surface area contributed by atoms with Gasteiger partial charge >= 0.3 is 0 Å². The van der Waals surface area contributed by atoms with Crippen LogP contribution < -0.4 is 14.8 Å². The van der Waals surface area contributed by atoms with E-state index >= 15 is 0 Å². The average Bonchev–Trinajstić information content (AvgIpc) is 2.65. The molecule has 0 aliphatic rings. The van der Waals surface area contributed by atoms with E-state index in [9.17, 15) is 0 Å². The van der Waals surface area contributed by atoms with Crippen LogP contribution in [0.2, 0.25) is 10.0 Å². The van der Waals surface area contributed by atoms with Crippen molar-refractivity contribution < 1.29 is 14.2 Å². The minimum atomic E-state index is 0.283. The van der Waals surface area contributed by atoms with E-state index < -0.39 is 0 Å². The molecule has 0 heterocycles. The molecule has 0 bridgehead atoms. The summed E-state index contributed by atoms with van der Waals surface area (Å²) in [5.74, 6) is 1.40. The number of hydrogen-bond donors (Lipinski definition) is 1. The molecular weight excluding hydrogens is 385 g/mol. The second-order valence-electron chi connectivity index (χ2n) is 6.47. The van der Waals surface area contributed by atoms with Crippen LogP contribution in [-0.4, -0.2) is 26.4 Å². The van der Waals surface area contributed by atoms with Crippen molar-refractivity contribution in [1.29, 1.82) is 0 Å². The Bertz CT molecular complexity index is 723. The minimum absolute atomic E-state index is 0.283. The third-order valence-corrected chi connectivity index (χ3v) is 4.62. The molecule has 2 rings (SSSR count). The SMILES string of the molecule is COc1cc(CNCCCOC(C)C)ccc1OCc1ccc(Cl)c(Cl)c1. The summed E-state index contributed by atoms with van der Waals surface area (Å²) >= 11 is 12.0. The van der Waals surface area contributed by atoms with Gasteiger partial charge in [-0.15, -0.1) is 0 Å². The maximum Gasteiger partial charge on any atom is 0.161 e.